The molecule has 3 N–H and O–H groups in total. The topological polar surface area (TPSA) is 99.2 Å². The average Bonchev–Trinajstić information content (AvgIpc) is 2.83. The summed E-state index contributed by atoms with van der Waals surface area (Å²) in [5, 5.41) is 2.75. The van der Waals surface area contributed by atoms with Gasteiger partial charge in [-0.2, -0.15) is 0 Å². The van der Waals surface area contributed by atoms with Crippen molar-refractivity contribution in [3.8, 4) is 0 Å². The highest BCUT2D eigenvalue weighted by atomic mass is 16.6. The number of imidazole rings is 1. The second-order valence-corrected chi connectivity index (χ2v) is 6.98. The van der Waals surface area contributed by atoms with E-state index in [1.54, 1.807) is 18.2 Å². The van der Waals surface area contributed by atoms with Crippen LogP contribution in [0, 0.1) is 0 Å². The van der Waals surface area contributed by atoms with E-state index in [9.17, 15) is 9.59 Å². The summed E-state index contributed by atoms with van der Waals surface area (Å²) in [6.07, 6.45) is 3.11. The van der Waals surface area contributed by atoms with Gasteiger partial charge in [-0.15, -0.1) is 0 Å². The van der Waals surface area contributed by atoms with Crippen molar-refractivity contribution in [1.29, 1.82) is 0 Å². The first kappa shape index (κ1) is 18.8. The zero-order chi connectivity index (χ0) is 18.4. The molecule has 136 valence electrons. The van der Waals surface area contributed by atoms with Gasteiger partial charge in [0.15, 0.2) is 0 Å². The number of aryl methyl sites for hydroxylation is 1. The summed E-state index contributed by atoms with van der Waals surface area (Å²) in [6, 6.07) is 5.33. The van der Waals surface area contributed by atoms with Crippen LogP contribution >= 0.6 is 0 Å². The molecule has 2 rings (SSSR count). The van der Waals surface area contributed by atoms with E-state index in [0.717, 1.165) is 43.1 Å². The molecule has 1 heterocycles. The van der Waals surface area contributed by atoms with Crippen LogP contribution in [0.5, 0.6) is 0 Å². The minimum absolute atomic E-state index is 0.390. The standard InChI is InChI=1S/C18H26N4O3/c1-18(2,3)25-17(24)20-9-5-4-6-10-22-15-11-13(12-23)7-8-14(15)21-16(22)19/h7-8,11-12H,4-6,9-10H2,1-3H3,(H2,19,21)(H,20,24). The van der Waals surface area contributed by atoms with E-state index in [-0.39, 0.29) is 0 Å². The van der Waals surface area contributed by atoms with E-state index in [1.165, 1.54) is 0 Å². The van der Waals surface area contributed by atoms with Gasteiger partial charge >= 0.3 is 6.09 Å². The Kier molecular flexibility index (Phi) is 6.01. The number of aldehydes is 1. The molecule has 1 aromatic heterocycles. The van der Waals surface area contributed by atoms with E-state index in [4.69, 9.17) is 10.5 Å². The SMILES string of the molecule is CC(C)(C)OC(=O)NCCCCCn1c(N)nc2ccc(C=O)cc21. The molecule has 0 atom stereocenters. The predicted molar refractivity (Wildman–Crippen MR) is 97.6 cm³/mol. The molecular weight excluding hydrogens is 320 g/mol. The zero-order valence-corrected chi connectivity index (χ0v) is 15.0. The van der Waals surface area contributed by atoms with Gasteiger partial charge in [-0.3, -0.25) is 4.79 Å². The number of benzene rings is 1. The lowest BCUT2D eigenvalue weighted by molar-refractivity contribution is 0.0527. The zero-order valence-electron chi connectivity index (χ0n) is 15.0. The van der Waals surface area contributed by atoms with Gasteiger partial charge in [-0.1, -0.05) is 0 Å². The number of hydrogen-bond donors (Lipinski definition) is 2. The highest BCUT2D eigenvalue weighted by Crippen LogP contribution is 2.19. The number of aromatic nitrogens is 2. The molecule has 1 amide bonds. The fourth-order valence-electron chi connectivity index (χ4n) is 2.54. The summed E-state index contributed by atoms with van der Waals surface area (Å²) in [6.45, 7) is 6.80. The Morgan fingerprint density at radius 2 is 2.08 bits per heavy atom. The number of nitrogens with one attached hydrogen (secondary N) is 1. The number of carbonyl (C=O) groups is 2. The molecule has 0 aliphatic rings. The van der Waals surface area contributed by atoms with Crippen LogP contribution in [0.25, 0.3) is 11.0 Å². The highest BCUT2D eigenvalue weighted by Gasteiger charge is 2.15. The number of carbonyl (C=O) groups excluding carboxylic acids is 2. The van der Waals surface area contributed by atoms with Crippen LogP contribution < -0.4 is 11.1 Å². The van der Waals surface area contributed by atoms with Crippen LogP contribution in [-0.2, 0) is 11.3 Å². The van der Waals surface area contributed by atoms with Crippen molar-refractivity contribution in [2.45, 2.75) is 52.2 Å². The Labute approximate surface area is 147 Å². The lowest BCUT2D eigenvalue weighted by Gasteiger charge is -2.19. The van der Waals surface area contributed by atoms with E-state index in [1.807, 2.05) is 25.3 Å². The summed E-state index contributed by atoms with van der Waals surface area (Å²) in [7, 11) is 0. The van der Waals surface area contributed by atoms with Crippen molar-refractivity contribution in [3.05, 3.63) is 23.8 Å². The van der Waals surface area contributed by atoms with Crippen molar-refractivity contribution in [2.24, 2.45) is 0 Å². The highest BCUT2D eigenvalue weighted by molar-refractivity contribution is 5.86. The summed E-state index contributed by atoms with van der Waals surface area (Å²) in [5.74, 6) is 0.449. The maximum absolute atomic E-state index is 11.5. The fraction of sp³-hybridized carbons (Fsp3) is 0.500. The minimum Gasteiger partial charge on any atom is -0.444 e. The normalized spacial score (nSPS) is 11.5. The molecule has 7 nitrogen and oxygen atoms in total. The van der Waals surface area contributed by atoms with Crippen molar-refractivity contribution in [2.75, 3.05) is 12.3 Å². The van der Waals surface area contributed by atoms with Crippen LogP contribution in [-0.4, -0.2) is 34.1 Å². The molecule has 0 fully saturated rings. The van der Waals surface area contributed by atoms with Gasteiger partial charge in [0.1, 0.15) is 11.9 Å². The van der Waals surface area contributed by atoms with E-state index in [2.05, 4.69) is 10.3 Å². The quantitative estimate of drug-likeness (QED) is 0.593. The summed E-state index contributed by atoms with van der Waals surface area (Å²) in [5.41, 5.74) is 7.76. The number of unbranched alkanes of at least 4 members (excludes halogenated alkanes) is 2. The summed E-state index contributed by atoms with van der Waals surface area (Å²) < 4.78 is 7.10. The number of amides is 1. The van der Waals surface area contributed by atoms with Gasteiger partial charge in [-0.25, -0.2) is 9.78 Å². The van der Waals surface area contributed by atoms with Crippen LogP contribution in [0.3, 0.4) is 0 Å². The Morgan fingerprint density at radius 3 is 2.76 bits per heavy atom. The van der Waals surface area contributed by atoms with Gasteiger partial charge in [0.05, 0.1) is 11.0 Å². The number of anilines is 1. The number of nitrogens with two attached hydrogens (primary N) is 1. The molecule has 0 aliphatic heterocycles. The smallest absolute Gasteiger partial charge is 0.407 e. The summed E-state index contributed by atoms with van der Waals surface area (Å²) in [4.78, 5) is 26.8. The number of rotatable bonds is 7. The van der Waals surface area contributed by atoms with Crippen LogP contribution in [0.15, 0.2) is 18.2 Å². The van der Waals surface area contributed by atoms with Crippen LogP contribution in [0.2, 0.25) is 0 Å². The Balaban J connectivity index is 1.79. The maximum atomic E-state index is 11.5. The molecule has 0 saturated heterocycles. The molecular formula is C18H26N4O3. The number of fused-ring (bicyclic) bond motifs is 1. The number of hydrogen-bond acceptors (Lipinski definition) is 5. The van der Waals surface area contributed by atoms with Gasteiger partial charge in [-0.05, 0) is 58.2 Å². The summed E-state index contributed by atoms with van der Waals surface area (Å²) >= 11 is 0. The number of alkyl carbamates (subject to hydrolysis) is 1. The third kappa shape index (κ3) is 5.48. The van der Waals surface area contributed by atoms with Gasteiger partial charge in [0, 0.05) is 18.7 Å². The fourth-order valence-corrected chi connectivity index (χ4v) is 2.54. The number of nitrogens with zero attached hydrogens (tertiary/aromatic N) is 2. The van der Waals surface area contributed by atoms with Gasteiger partial charge < -0.3 is 20.4 Å². The van der Waals surface area contributed by atoms with Gasteiger partial charge in [0.2, 0.25) is 5.95 Å². The van der Waals surface area contributed by atoms with Crippen molar-refractivity contribution in [3.63, 3.8) is 0 Å². The average molecular weight is 346 g/mol. The first-order valence-electron chi connectivity index (χ1n) is 8.48. The predicted octanol–water partition coefficient (Wildman–Crippen LogP) is 3.13. The monoisotopic (exact) mass is 346 g/mol. The van der Waals surface area contributed by atoms with Crippen molar-refractivity contribution < 1.29 is 14.3 Å². The minimum atomic E-state index is -0.482. The largest absolute Gasteiger partial charge is 0.444 e. The van der Waals surface area contributed by atoms with E-state index < -0.39 is 11.7 Å². The van der Waals surface area contributed by atoms with Gasteiger partial charge in [0.25, 0.3) is 0 Å². The van der Waals surface area contributed by atoms with Crippen molar-refractivity contribution >= 4 is 29.4 Å². The molecule has 2 aromatic rings. The lowest BCUT2D eigenvalue weighted by Crippen LogP contribution is -2.33. The first-order chi connectivity index (χ1) is 11.8. The maximum Gasteiger partial charge on any atom is 0.407 e. The molecule has 0 spiro atoms. The van der Waals surface area contributed by atoms with Crippen molar-refractivity contribution in [1.82, 2.24) is 14.9 Å². The third-order valence-corrected chi connectivity index (χ3v) is 3.66. The molecule has 1 aromatic carbocycles. The molecule has 0 unspecified atom stereocenters. The Morgan fingerprint density at radius 1 is 1.32 bits per heavy atom. The van der Waals surface area contributed by atoms with Crippen LogP contribution in [0.4, 0.5) is 10.7 Å². The van der Waals surface area contributed by atoms with E-state index >= 15 is 0 Å². The second-order valence-electron chi connectivity index (χ2n) is 6.98. The molecule has 25 heavy (non-hydrogen) atoms. The third-order valence-electron chi connectivity index (χ3n) is 3.66. The Bertz CT molecular complexity index is 747. The lowest BCUT2D eigenvalue weighted by atomic mass is 10.2. The Hall–Kier alpha value is -2.57. The molecule has 0 aliphatic carbocycles. The van der Waals surface area contributed by atoms with Crippen LogP contribution in [0.1, 0.15) is 50.4 Å². The second kappa shape index (κ2) is 8.00. The first-order valence-corrected chi connectivity index (χ1v) is 8.48. The molecule has 7 heteroatoms. The van der Waals surface area contributed by atoms with E-state index in [0.29, 0.717) is 18.1 Å². The number of nitrogen functional groups attached to an aromatic ring is 1. The molecule has 0 radical (unpaired) electrons. The molecule has 0 bridgehead atoms. The number of ether oxygens (including phenoxy) is 1. The molecule has 0 saturated carbocycles.